The van der Waals surface area contributed by atoms with Crippen LogP contribution in [0.4, 0.5) is 0 Å². The van der Waals surface area contributed by atoms with Crippen LogP contribution in [-0.4, -0.2) is 3.23 Å². The molecule has 0 saturated heterocycles. The molecule has 20 heavy (non-hydrogen) atoms. The molecule has 0 aliphatic rings. The van der Waals surface area contributed by atoms with E-state index in [4.69, 9.17) is 0 Å². The second-order valence-electron chi connectivity index (χ2n) is 6.25. The van der Waals surface area contributed by atoms with Crippen molar-refractivity contribution >= 4 is 31.9 Å². The molecule has 0 bridgehead atoms. The molecule has 0 aromatic heterocycles. The molecule has 0 aliphatic carbocycles. The molecule has 122 valence electrons. The van der Waals surface area contributed by atoms with Gasteiger partial charge in [0.25, 0.3) is 0 Å². The van der Waals surface area contributed by atoms with Crippen LogP contribution in [0, 0.1) is 0 Å². The summed E-state index contributed by atoms with van der Waals surface area (Å²) in [4.78, 5) is 0. The van der Waals surface area contributed by atoms with E-state index in [0.29, 0.717) is 0 Å². The normalized spacial score (nSPS) is 12.0. The van der Waals surface area contributed by atoms with Gasteiger partial charge in [-0.1, -0.05) is 129 Å². The Hall–Kier alpha value is 0.960. The molecule has 0 nitrogen and oxygen atoms in total. The van der Waals surface area contributed by atoms with E-state index in [0.717, 1.165) is 0 Å². The minimum absolute atomic E-state index is 0.216. The van der Waals surface area contributed by atoms with Gasteiger partial charge in [0, 0.05) is 0 Å². The fourth-order valence-electron chi connectivity index (χ4n) is 2.72. The molecule has 0 aromatic rings. The number of alkyl halides is 2. The highest BCUT2D eigenvalue weighted by Crippen LogP contribution is 2.36. The molecule has 0 aromatic carbocycles. The van der Waals surface area contributed by atoms with Crippen molar-refractivity contribution in [2.75, 3.05) is 0 Å². The van der Waals surface area contributed by atoms with Gasteiger partial charge in [-0.2, -0.15) is 0 Å². The van der Waals surface area contributed by atoms with Crippen molar-refractivity contribution in [3.05, 3.63) is 0 Å². The second-order valence-corrected chi connectivity index (χ2v) is 10.3. The maximum absolute atomic E-state index is 3.79. The quantitative estimate of drug-likeness (QED) is 0.187. The molecule has 0 heterocycles. The molecule has 2 heteroatoms. The smallest absolute Gasteiger partial charge is 0.0727 e. The van der Waals surface area contributed by atoms with E-state index in [9.17, 15) is 0 Å². The SMILES string of the molecule is CCCCCCCCCCCCCCC(Br)(Br)CCC. The van der Waals surface area contributed by atoms with Gasteiger partial charge in [-0.3, -0.25) is 0 Å². The van der Waals surface area contributed by atoms with Crippen LogP contribution in [0.15, 0.2) is 0 Å². The van der Waals surface area contributed by atoms with Crippen molar-refractivity contribution in [1.29, 1.82) is 0 Å². The van der Waals surface area contributed by atoms with Crippen LogP contribution in [0.2, 0.25) is 0 Å². The number of rotatable bonds is 15. The fourth-order valence-corrected chi connectivity index (χ4v) is 4.07. The van der Waals surface area contributed by atoms with Crippen LogP contribution < -0.4 is 0 Å². The predicted molar refractivity (Wildman–Crippen MR) is 101 cm³/mol. The first kappa shape index (κ1) is 21.0. The van der Waals surface area contributed by atoms with E-state index in [-0.39, 0.29) is 3.23 Å². The van der Waals surface area contributed by atoms with Gasteiger partial charge in [0.2, 0.25) is 0 Å². The number of halogens is 2. The lowest BCUT2D eigenvalue weighted by Gasteiger charge is -2.19. The summed E-state index contributed by atoms with van der Waals surface area (Å²) >= 11 is 7.58. The zero-order valence-corrected chi connectivity index (χ0v) is 17.0. The molecule has 0 unspecified atom stereocenters. The van der Waals surface area contributed by atoms with Gasteiger partial charge in [-0.05, 0) is 12.8 Å². The maximum Gasteiger partial charge on any atom is 0.0805 e. The molecule has 0 saturated carbocycles. The summed E-state index contributed by atoms with van der Waals surface area (Å²) in [6.45, 7) is 4.54. The summed E-state index contributed by atoms with van der Waals surface area (Å²) in [6, 6.07) is 0. The highest BCUT2D eigenvalue weighted by molar-refractivity contribution is 9.25. The largest absolute Gasteiger partial charge is 0.0805 e. The monoisotopic (exact) mass is 410 g/mol. The molecule has 0 rings (SSSR count). The van der Waals surface area contributed by atoms with Crippen LogP contribution in [0.3, 0.4) is 0 Å². The standard InChI is InChI=1S/C18H36Br2/c1-3-5-6-7-8-9-10-11-12-13-14-15-17-18(19,20)16-4-2/h3-17H2,1-2H3. The van der Waals surface area contributed by atoms with Crippen molar-refractivity contribution in [3.8, 4) is 0 Å². The fraction of sp³-hybridized carbons (Fsp3) is 1.00. The van der Waals surface area contributed by atoms with Gasteiger partial charge in [0.15, 0.2) is 0 Å². The zero-order chi connectivity index (χ0) is 15.1. The van der Waals surface area contributed by atoms with E-state index in [1.54, 1.807) is 0 Å². The van der Waals surface area contributed by atoms with Crippen molar-refractivity contribution in [2.24, 2.45) is 0 Å². The van der Waals surface area contributed by atoms with E-state index in [1.165, 1.54) is 96.3 Å². The minimum Gasteiger partial charge on any atom is -0.0727 e. The maximum atomic E-state index is 3.79. The topological polar surface area (TPSA) is 0 Å². The zero-order valence-electron chi connectivity index (χ0n) is 13.9. The summed E-state index contributed by atoms with van der Waals surface area (Å²) < 4.78 is 0.216. The molecule has 0 fully saturated rings. The highest BCUT2D eigenvalue weighted by Gasteiger charge is 2.20. The van der Waals surface area contributed by atoms with Crippen LogP contribution in [0.5, 0.6) is 0 Å². The first-order valence-electron chi connectivity index (χ1n) is 9.00. The molecular weight excluding hydrogens is 376 g/mol. The molecule has 0 radical (unpaired) electrons. The summed E-state index contributed by atoms with van der Waals surface area (Å²) in [5.74, 6) is 0. The Morgan fingerprint density at radius 1 is 0.500 bits per heavy atom. The molecular formula is C18H36Br2. The Morgan fingerprint density at radius 3 is 1.30 bits per heavy atom. The van der Waals surface area contributed by atoms with E-state index < -0.39 is 0 Å². The molecule has 0 N–H and O–H groups in total. The second kappa shape index (κ2) is 14.9. The molecule has 0 amide bonds. The summed E-state index contributed by atoms with van der Waals surface area (Å²) in [5.41, 5.74) is 0. The predicted octanol–water partition coefficient (Wildman–Crippen LogP) is 8.36. The molecule has 0 aliphatic heterocycles. The van der Waals surface area contributed by atoms with Crippen LogP contribution in [0.25, 0.3) is 0 Å². The Kier molecular flexibility index (Phi) is 15.6. The number of unbranched alkanes of at least 4 members (excludes halogenated alkanes) is 11. The first-order valence-corrected chi connectivity index (χ1v) is 10.6. The van der Waals surface area contributed by atoms with Crippen molar-refractivity contribution in [2.45, 2.75) is 113 Å². The number of hydrogen-bond donors (Lipinski definition) is 0. The first-order chi connectivity index (χ1) is 9.62. The van der Waals surface area contributed by atoms with Gasteiger partial charge < -0.3 is 0 Å². The lowest BCUT2D eigenvalue weighted by Crippen LogP contribution is -2.09. The van der Waals surface area contributed by atoms with Crippen molar-refractivity contribution in [1.82, 2.24) is 0 Å². The van der Waals surface area contributed by atoms with Gasteiger partial charge in [-0.25, -0.2) is 0 Å². The Labute approximate surface area is 145 Å². The average molecular weight is 412 g/mol. The molecule has 0 atom stereocenters. The molecule has 0 spiro atoms. The third kappa shape index (κ3) is 15.4. The van der Waals surface area contributed by atoms with Crippen LogP contribution in [0.1, 0.15) is 110 Å². The minimum atomic E-state index is 0.216. The van der Waals surface area contributed by atoms with Gasteiger partial charge in [0.05, 0.1) is 3.23 Å². The van der Waals surface area contributed by atoms with Gasteiger partial charge >= 0.3 is 0 Å². The lowest BCUT2D eigenvalue weighted by atomic mass is 10.0. The summed E-state index contributed by atoms with van der Waals surface area (Å²) in [6.07, 6.45) is 20.9. The lowest BCUT2D eigenvalue weighted by molar-refractivity contribution is 0.531. The van der Waals surface area contributed by atoms with Gasteiger partial charge in [0.1, 0.15) is 0 Å². The van der Waals surface area contributed by atoms with Crippen LogP contribution in [-0.2, 0) is 0 Å². The van der Waals surface area contributed by atoms with Crippen LogP contribution >= 0.6 is 31.9 Å². The van der Waals surface area contributed by atoms with E-state index in [1.807, 2.05) is 0 Å². The Balaban J connectivity index is 3.13. The van der Waals surface area contributed by atoms with Crippen molar-refractivity contribution in [3.63, 3.8) is 0 Å². The Morgan fingerprint density at radius 2 is 0.900 bits per heavy atom. The van der Waals surface area contributed by atoms with Gasteiger partial charge in [-0.15, -0.1) is 0 Å². The van der Waals surface area contributed by atoms with E-state index in [2.05, 4.69) is 45.7 Å². The van der Waals surface area contributed by atoms with E-state index >= 15 is 0 Å². The average Bonchev–Trinajstić information content (AvgIpc) is 2.40. The highest BCUT2D eigenvalue weighted by atomic mass is 79.9. The summed E-state index contributed by atoms with van der Waals surface area (Å²) in [7, 11) is 0. The Bertz CT molecular complexity index is 190. The van der Waals surface area contributed by atoms with Crippen molar-refractivity contribution < 1.29 is 0 Å². The number of hydrogen-bond acceptors (Lipinski definition) is 0. The third-order valence-corrected chi connectivity index (χ3v) is 5.60. The summed E-state index contributed by atoms with van der Waals surface area (Å²) in [5, 5.41) is 0. The third-order valence-electron chi connectivity index (χ3n) is 4.01.